The summed E-state index contributed by atoms with van der Waals surface area (Å²) in [6, 6.07) is 4.25. The molecule has 0 aliphatic heterocycles. The molecule has 0 aliphatic carbocycles. The molecular formula is C13H14BrFN2O3. The van der Waals surface area contributed by atoms with Crippen LogP contribution in [0.4, 0.5) is 4.39 Å². The Morgan fingerprint density at radius 1 is 1.30 bits per heavy atom. The quantitative estimate of drug-likeness (QED) is 0.747. The lowest BCUT2D eigenvalue weighted by atomic mass is 10.2. The van der Waals surface area contributed by atoms with Crippen LogP contribution in [0.15, 0.2) is 27.2 Å². The zero-order chi connectivity index (χ0) is 14.5. The molecular weight excluding hydrogens is 331 g/mol. The highest BCUT2D eigenvalue weighted by molar-refractivity contribution is 9.10. The van der Waals surface area contributed by atoms with Crippen molar-refractivity contribution < 1.29 is 18.4 Å². The molecule has 0 unspecified atom stereocenters. The summed E-state index contributed by atoms with van der Waals surface area (Å²) in [5, 5.41) is 3.86. The Hall–Kier alpha value is -1.31. The van der Waals surface area contributed by atoms with Crippen LogP contribution in [0.25, 0.3) is 11.4 Å². The van der Waals surface area contributed by atoms with Gasteiger partial charge in [0.1, 0.15) is 5.82 Å². The summed E-state index contributed by atoms with van der Waals surface area (Å²) in [7, 11) is 0. The SMILES string of the molecule is CCOC(OCC)c1nc(-c2ccc(F)cc2Br)no1. The highest BCUT2D eigenvalue weighted by atomic mass is 79.9. The van der Waals surface area contributed by atoms with Gasteiger partial charge >= 0.3 is 0 Å². The number of nitrogens with zero attached hydrogens (tertiary/aromatic N) is 2. The minimum atomic E-state index is -0.689. The van der Waals surface area contributed by atoms with E-state index in [1.165, 1.54) is 12.1 Å². The number of ether oxygens (including phenoxy) is 2. The van der Waals surface area contributed by atoms with Crippen molar-refractivity contribution in [3.63, 3.8) is 0 Å². The minimum Gasteiger partial charge on any atom is -0.345 e. The Morgan fingerprint density at radius 3 is 2.60 bits per heavy atom. The Balaban J connectivity index is 2.27. The van der Waals surface area contributed by atoms with Gasteiger partial charge in [0.2, 0.25) is 12.1 Å². The minimum absolute atomic E-state index is 0.236. The normalized spacial score (nSPS) is 11.2. The fourth-order valence-electron chi connectivity index (χ4n) is 1.60. The average Bonchev–Trinajstić information content (AvgIpc) is 2.88. The third-order valence-electron chi connectivity index (χ3n) is 2.45. The summed E-state index contributed by atoms with van der Waals surface area (Å²) in [5.41, 5.74) is 0.633. The smallest absolute Gasteiger partial charge is 0.283 e. The van der Waals surface area contributed by atoms with Gasteiger partial charge < -0.3 is 14.0 Å². The molecule has 0 aliphatic rings. The van der Waals surface area contributed by atoms with E-state index in [4.69, 9.17) is 14.0 Å². The zero-order valence-electron chi connectivity index (χ0n) is 11.1. The maximum absolute atomic E-state index is 13.1. The second-order valence-electron chi connectivity index (χ2n) is 3.82. The van der Waals surface area contributed by atoms with Crippen LogP contribution in [-0.4, -0.2) is 23.4 Å². The van der Waals surface area contributed by atoms with Gasteiger partial charge in [-0.1, -0.05) is 5.16 Å². The molecule has 1 aromatic carbocycles. The molecule has 1 aromatic heterocycles. The number of aromatic nitrogens is 2. The monoisotopic (exact) mass is 344 g/mol. The number of benzene rings is 1. The van der Waals surface area contributed by atoms with Crippen molar-refractivity contribution in [2.24, 2.45) is 0 Å². The molecule has 5 nitrogen and oxygen atoms in total. The summed E-state index contributed by atoms with van der Waals surface area (Å²) in [6.07, 6.45) is -0.689. The van der Waals surface area contributed by atoms with Gasteiger partial charge in [-0.3, -0.25) is 0 Å². The highest BCUT2D eigenvalue weighted by Gasteiger charge is 2.21. The van der Waals surface area contributed by atoms with Gasteiger partial charge in [0.25, 0.3) is 5.89 Å². The molecule has 0 fully saturated rings. The molecule has 108 valence electrons. The van der Waals surface area contributed by atoms with Crippen molar-refractivity contribution in [3.8, 4) is 11.4 Å². The van der Waals surface area contributed by atoms with Gasteiger partial charge in [0.15, 0.2) is 0 Å². The van der Waals surface area contributed by atoms with Crippen LogP contribution in [0.3, 0.4) is 0 Å². The third-order valence-corrected chi connectivity index (χ3v) is 3.11. The van der Waals surface area contributed by atoms with Gasteiger partial charge in [-0.15, -0.1) is 0 Å². The van der Waals surface area contributed by atoms with E-state index in [1.54, 1.807) is 6.07 Å². The molecule has 0 amide bonds. The number of hydrogen-bond acceptors (Lipinski definition) is 5. The number of halogens is 2. The number of rotatable bonds is 6. The van der Waals surface area contributed by atoms with E-state index in [9.17, 15) is 4.39 Å². The summed E-state index contributed by atoms with van der Waals surface area (Å²) < 4.78 is 29.5. The summed E-state index contributed by atoms with van der Waals surface area (Å²) >= 11 is 3.27. The van der Waals surface area contributed by atoms with Crippen LogP contribution in [0.5, 0.6) is 0 Å². The first kappa shape index (κ1) is 15.1. The first-order valence-corrected chi connectivity index (χ1v) is 6.97. The van der Waals surface area contributed by atoms with Gasteiger partial charge in [-0.2, -0.15) is 4.98 Å². The van der Waals surface area contributed by atoms with Crippen LogP contribution in [0, 0.1) is 5.82 Å². The van der Waals surface area contributed by atoms with Gasteiger partial charge in [0.05, 0.1) is 0 Å². The van der Waals surface area contributed by atoms with Crippen LogP contribution in [0.1, 0.15) is 26.0 Å². The molecule has 20 heavy (non-hydrogen) atoms. The first-order chi connectivity index (χ1) is 9.65. The molecule has 0 saturated heterocycles. The van der Waals surface area contributed by atoms with Gasteiger partial charge in [-0.05, 0) is 48.0 Å². The predicted molar refractivity (Wildman–Crippen MR) is 73.4 cm³/mol. The van der Waals surface area contributed by atoms with Crippen LogP contribution >= 0.6 is 15.9 Å². The standard InChI is InChI=1S/C13H14BrFN2O3/c1-3-18-13(19-4-2)12-16-11(17-20-12)9-6-5-8(15)7-10(9)14/h5-7,13H,3-4H2,1-2H3. The molecule has 0 bridgehead atoms. The van der Waals surface area contributed by atoms with Gasteiger partial charge in [0, 0.05) is 23.2 Å². The van der Waals surface area contributed by atoms with Crippen molar-refractivity contribution in [2.45, 2.75) is 20.1 Å². The molecule has 0 N–H and O–H groups in total. The largest absolute Gasteiger partial charge is 0.345 e. The second kappa shape index (κ2) is 6.92. The van der Waals surface area contributed by atoms with E-state index in [0.717, 1.165) is 0 Å². The maximum Gasteiger partial charge on any atom is 0.283 e. The lowest BCUT2D eigenvalue weighted by molar-refractivity contribution is -0.155. The Morgan fingerprint density at radius 2 is 2.00 bits per heavy atom. The molecule has 7 heteroatoms. The van der Waals surface area contributed by atoms with Gasteiger partial charge in [-0.25, -0.2) is 4.39 Å². The predicted octanol–water partition coefficient (Wildman–Crippen LogP) is 3.71. The molecule has 1 heterocycles. The lowest BCUT2D eigenvalue weighted by Gasteiger charge is -2.11. The fraction of sp³-hybridized carbons (Fsp3) is 0.385. The average molecular weight is 345 g/mol. The summed E-state index contributed by atoms with van der Waals surface area (Å²) in [5.74, 6) is 0.238. The molecule has 0 atom stereocenters. The van der Waals surface area contributed by atoms with Crippen LogP contribution in [-0.2, 0) is 9.47 Å². The van der Waals surface area contributed by atoms with E-state index in [-0.39, 0.29) is 11.7 Å². The molecule has 0 radical (unpaired) electrons. The Labute approximate surface area is 124 Å². The molecule has 0 saturated carbocycles. The van der Waals surface area contributed by atoms with Crippen molar-refractivity contribution in [3.05, 3.63) is 34.4 Å². The maximum atomic E-state index is 13.1. The first-order valence-electron chi connectivity index (χ1n) is 6.18. The summed E-state index contributed by atoms with van der Waals surface area (Å²) in [6.45, 7) is 4.62. The molecule has 2 aromatic rings. The second-order valence-corrected chi connectivity index (χ2v) is 4.68. The van der Waals surface area contributed by atoms with E-state index in [0.29, 0.717) is 29.1 Å². The Kier molecular flexibility index (Phi) is 5.22. The van der Waals surface area contributed by atoms with Crippen molar-refractivity contribution >= 4 is 15.9 Å². The van der Waals surface area contributed by atoms with E-state index < -0.39 is 6.29 Å². The third kappa shape index (κ3) is 3.41. The molecule has 2 rings (SSSR count). The van der Waals surface area contributed by atoms with Crippen LogP contribution in [0.2, 0.25) is 0 Å². The Bertz CT molecular complexity index is 570. The zero-order valence-corrected chi connectivity index (χ0v) is 12.7. The fourth-order valence-corrected chi connectivity index (χ4v) is 2.13. The number of hydrogen-bond donors (Lipinski definition) is 0. The van der Waals surface area contributed by atoms with Crippen LogP contribution < -0.4 is 0 Å². The van der Waals surface area contributed by atoms with E-state index in [2.05, 4.69) is 26.1 Å². The highest BCUT2D eigenvalue weighted by Crippen LogP contribution is 2.28. The van der Waals surface area contributed by atoms with E-state index in [1.807, 2.05) is 13.8 Å². The van der Waals surface area contributed by atoms with E-state index >= 15 is 0 Å². The molecule has 0 spiro atoms. The topological polar surface area (TPSA) is 57.4 Å². The van der Waals surface area contributed by atoms with Crippen molar-refractivity contribution in [2.75, 3.05) is 13.2 Å². The van der Waals surface area contributed by atoms with Crippen molar-refractivity contribution in [1.82, 2.24) is 10.1 Å². The van der Waals surface area contributed by atoms with Crippen molar-refractivity contribution in [1.29, 1.82) is 0 Å². The lowest BCUT2D eigenvalue weighted by Crippen LogP contribution is -2.09. The summed E-state index contributed by atoms with van der Waals surface area (Å²) in [4.78, 5) is 4.23.